The van der Waals surface area contributed by atoms with Gasteiger partial charge < -0.3 is 10.6 Å². The van der Waals surface area contributed by atoms with Crippen LogP contribution in [0.3, 0.4) is 0 Å². The van der Waals surface area contributed by atoms with Crippen molar-refractivity contribution in [1.29, 1.82) is 0 Å². The topological polar surface area (TPSA) is 41.1 Å². The van der Waals surface area contributed by atoms with E-state index in [0.717, 1.165) is 24.4 Å². The summed E-state index contributed by atoms with van der Waals surface area (Å²) in [6.45, 7) is 1.39. The molecule has 0 spiro atoms. The van der Waals surface area contributed by atoms with Gasteiger partial charge in [0.15, 0.2) is 0 Å². The van der Waals surface area contributed by atoms with Crippen molar-refractivity contribution >= 4 is 6.03 Å². The number of amides is 2. The van der Waals surface area contributed by atoms with Crippen LogP contribution in [-0.2, 0) is 6.54 Å². The summed E-state index contributed by atoms with van der Waals surface area (Å²) in [5, 5.41) is 5.84. The van der Waals surface area contributed by atoms with Gasteiger partial charge >= 0.3 is 6.03 Å². The number of hydrogen-bond acceptors (Lipinski definition) is 1. The maximum atomic E-state index is 11.6. The molecule has 3 nitrogen and oxygen atoms in total. The molecule has 1 fully saturated rings. The summed E-state index contributed by atoms with van der Waals surface area (Å²) in [7, 11) is 0. The van der Waals surface area contributed by atoms with Crippen LogP contribution in [-0.4, -0.2) is 12.6 Å². The lowest BCUT2D eigenvalue weighted by molar-refractivity contribution is 0.238. The van der Waals surface area contributed by atoms with Crippen LogP contribution in [0.2, 0.25) is 0 Å². The van der Waals surface area contributed by atoms with Gasteiger partial charge in [0, 0.05) is 13.1 Å². The number of urea groups is 1. The van der Waals surface area contributed by atoms with Gasteiger partial charge in [0.1, 0.15) is 0 Å². The highest BCUT2D eigenvalue weighted by molar-refractivity contribution is 5.73. The van der Waals surface area contributed by atoms with Gasteiger partial charge in [-0.05, 0) is 17.9 Å². The summed E-state index contributed by atoms with van der Waals surface area (Å²) in [5.41, 5.74) is 1.13. The Morgan fingerprint density at radius 3 is 2.53 bits per heavy atom. The van der Waals surface area contributed by atoms with Gasteiger partial charge in [-0.15, -0.1) is 0 Å². The van der Waals surface area contributed by atoms with Crippen molar-refractivity contribution in [2.45, 2.75) is 45.1 Å². The van der Waals surface area contributed by atoms with E-state index in [9.17, 15) is 4.79 Å². The van der Waals surface area contributed by atoms with E-state index in [2.05, 4.69) is 10.6 Å². The van der Waals surface area contributed by atoms with Crippen molar-refractivity contribution in [2.75, 3.05) is 6.54 Å². The number of benzene rings is 1. The number of rotatable bonds is 5. The zero-order valence-electron chi connectivity index (χ0n) is 11.5. The molecule has 3 heteroatoms. The van der Waals surface area contributed by atoms with Crippen LogP contribution in [0.4, 0.5) is 4.79 Å². The highest BCUT2D eigenvalue weighted by Crippen LogP contribution is 2.25. The quantitative estimate of drug-likeness (QED) is 0.836. The van der Waals surface area contributed by atoms with Crippen molar-refractivity contribution in [2.24, 2.45) is 5.92 Å². The van der Waals surface area contributed by atoms with E-state index in [1.54, 1.807) is 0 Å². The molecule has 0 bridgehead atoms. The normalized spacial score (nSPS) is 16.0. The van der Waals surface area contributed by atoms with Crippen LogP contribution in [0.5, 0.6) is 0 Å². The smallest absolute Gasteiger partial charge is 0.315 e. The maximum absolute atomic E-state index is 11.6. The van der Waals surface area contributed by atoms with Crippen molar-refractivity contribution in [3.8, 4) is 0 Å². The van der Waals surface area contributed by atoms with Gasteiger partial charge in [0.25, 0.3) is 0 Å². The third-order valence-electron chi connectivity index (χ3n) is 3.86. The minimum atomic E-state index is -0.0559. The fraction of sp³-hybridized carbons (Fsp3) is 0.562. The molecule has 0 heterocycles. The van der Waals surface area contributed by atoms with E-state index < -0.39 is 0 Å². The molecule has 1 aliphatic carbocycles. The average molecular weight is 260 g/mol. The Morgan fingerprint density at radius 1 is 1.05 bits per heavy atom. The molecule has 1 aromatic rings. The lowest BCUT2D eigenvalue weighted by Gasteiger charge is -2.21. The van der Waals surface area contributed by atoms with E-state index in [-0.39, 0.29) is 6.03 Å². The standard InChI is InChI=1S/C16H24N2O/c19-16(18-13-15-9-5-2-6-10-15)17-12-11-14-7-3-1-4-8-14/h2,5-6,9-10,14H,1,3-4,7-8,11-13H2,(H2,17,18,19). The van der Waals surface area contributed by atoms with Crippen LogP contribution < -0.4 is 10.6 Å². The molecule has 1 saturated carbocycles. The first-order chi connectivity index (χ1) is 9.34. The highest BCUT2D eigenvalue weighted by atomic mass is 16.2. The molecule has 19 heavy (non-hydrogen) atoms. The van der Waals surface area contributed by atoms with E-state index in [1.807, 2.05) is 30.3 Å². The summed E-state index contributed by atoms with van der Waals surface area (Å²) in [6, 6.07) is 9.92. The summed E-state index contributed by atoms with van der Waals surface area (Å²) in [4.78, 5) is 11.6. The van der Waals surface area contributed by atoms with Crippen molar-refractivity contribution in [3.63, 3.8) is 0 Å². The molecule has 1 aliphatic rings. The average Bonchev–Trinajstić information content (AvgIpc) is 2.47. The lowest BCUT2D eigenvalue weighted by atomic mass is 9.87. The Hall–Kier alpha value is -1.51. The molecular formula is C16H24N2O. The van der Waals surface area contributed by atoms with Crippen LogP contribution in [0.15, 0.2) is 30.3 Å². The zero-order chi connectivity index (χ0) is 13.3. The summed E-state index contributed by atoms with van der Waals surface area (Å²) >= 11 is 0. The van der Waals surface area contributed by atoms with Crippen molar-refractivity contribution in [1.82, 2.24) is 10.6 Å². The Morgan fingerprint density at radius 2 is 1.79 bits per heavy atom. The maximum Gasteiger partial charge on any atom is 0.315 e. The first-order valence-corrected chi connectivity index (χ1v) is 7.40. The first kappa shape index (κ1) is 13.9. The van der Waals surface area contributed by atoms with Crippen molar-refractivity contribution < 1.29 is 4.79 Å². The van der Waals surface area contributed by atoms with Crippen molar-refractivity contribution in [3.05, 3.63) is 35.9 Å². The van der Waals surface area contributed by atoms with Crippen LogP contribution >= 0.6 is 0 Å². The van der Waals surface area contributed by atoms with Crippen LogP contribution in [0.25, 0.3) is 0 Å². The third-order valence-corrected chi connectivity index (χ3v) is 3.86. The number of nitrogens with one attached hydrogen (secondary N) is 2. The predicted molar refractivity (Wildman–Crippen MR) is 77.9 cm³/mol. The van der Waals surface area contributed by atoms with Gasteiger partial charge in [-0.2, -0.15) is 0 Å². The Bertz CT molecular complexity index is 372. The Kier molecular flexibility index (Phi) is 5.73. The number of carbonyl (C=O) groups is 1. The van der Waals surface area contributed by atoms with E-state index in [0.29, 0.717) is 6.54 Å². The second-order valence-corrected chi connectivity index (χ2v) is 5.39. The Balaban J connectivity index is 1.57. The largest absolute Gasteiger partial charge is 0.338 e. The van der Waals surface area contributed by atoms with Gasteiger partial charge in [0.05, 0.1) is 0 Å². The van der Waals surface area contributed by atoms with Crippen LogP contribution in [0, 0.1) is 5.92 Å². The predicted octanol–water partition coefficient (Wildman–Crippen LogP) is 3.46. The van der Waals surface area contributed by atoms with Gasteiger partial charge in [0.2, 0.25) is 0 Å². The summed E-state index contributed by atoms with van der Waals surface area (Å²) < 4.78 is 0. The minimum absolute atomic E-state index is 0.0559. The lowest BCUT2D eigenvalue weighted by Crippen LogP contribution is -2.36. The number of hydrogen-bond donors (Lipinski definition) is 2. The highest BCUT2D eigenvalue weighted by Gasteiger charge is 2.13. The fourth-order valence-corrected chi connectivity index (χ4v) is 2.71. The molecule has 2 rings (SSSR count). The molecule has 0 radical (unpaired) electrons. The van der Waals surface area contributed by atoms with E-state index >= 15 is 0 Å². The van der Waals surface area contributed by atoms with Gasteiger partial charge in [-0.1, -0.05) is 62.4 Å². The summed E-state index contributed by atoms with van der Waals surface area (Å²) in [5.74, 6) is 0.822. The molecule has 1 aromatic carbocycles. The number of carbonyl (C=O) groups excluding carboxylic acids is 1. The molecule has 0 atom stereocenters. The zero-order valence-corrected chi connectivity index (χ0v) is 11.5. The molecule has 0 unspecified atom stereocenters. The molecular weight excluding hydrogens is 236 g/mol. The third kappa shape index (κ3) is 5.33. The minimum Gasteiger partial charge on any atom is -0.338 e. The second kappa shape index (κ2) is 7.82. The fourth-order valence-electron chi connectivity index (χ4n) is 2.71. The van der Waals surface area contributed by atoms with Gasteiger partial charge in [-0.3, -0.25) is 0 Å². The molecule has 0 saturated heterocycles. The molecule has 2 amide bonds. The van der Waals surface area contributed by atoms with E-state index in [4.69, 9.17) is 0 Å². The molecule has 0 aliphatic heterocycles. The van der Waals surface area contributed by atoms with E-state index in [1.165, 1.54) is 32.1 Å². The molecule has 0 aromatic heterocycles. The second-order valence-electron chi connectivity index (χ2n) is 5.39. The SMILES string of the molecule is O=C(NCCC1CCCCC1)NCc1ccccc1. The monoisotopic (exact) mass is 260 g/mol. The van der Waals surface area contributed by atoms with Crippen LogP contribution in [0.1, 0.15) is 44.1 Å². The molecule has 2 N–H and O–H groups in total. The molecule has 104 valence electrons. The summed E-state index contributed by atoms with van der Waals surface area (Å²) in [6.07, 6.45) is 7.93. The Labute approximate surface area is 115 Å². The van der Waals surface area contributed by atoms with Gasteiger partial charge in [-0.25, -0.2) is 4.79 Å². The first-order valence-electron chi connectivity index (χ1n) is 7.40.